The number of carbonyl (C=O) groups excluding carboxylic acids is 1. The highest BCUT2D eigenvalue weighted by Gasteiger charge is 2.41. The Morgan fingerprint density at radius 3 is 2.63 bits per heavy atom. The van der Waals surface area contributed by atoms with Gasteiger partial charge in [0.2, 0.25) is 0 Å². The van der Waals surface area contributed by atoms with Crippen molar-refractivity contribution in [3.63, 3.8) is 0 Å². The monoisotopic (exact) mass is 372 g/mol. The minimum atomic E-state index is -0.0225. The number of amides is 1. The van der Waals surface area contributed by atoms with Gasteiger partial charge in [-0.1, -0.05) is 19.1 Å². The van der Waals surface area contributed by atoms with Crippen molar-refractivity contribution in [2.45, 2.75) is 77.3 Å². The van der Waals surface area contributed by atoms with Crippen molar-refractivity contribution < 1.29 is 9.53 Å². The van der Waals surface area contributed by atoms with Crippen molar-refractivity contribution in [2.75, 3.05) is 6.54 Å². The summed E-state index contributed by atoms with van der Waals surface area (Å²) in [7, 11) is 0. The number of nitrogens with zero attached hydrogens (tertiary/aromatic N) is 1. The van der Waals surface area contributed by atoms with Crippen LogP contribution in [0.3, 0.4) is 0 Å². The van der Waals surface area contributed by atoms with Gasteiger partial charge in [0.15, 0.2) is 5.96 Å². The number of hydrogen-bond acceptors (Lipinski definition) is 3. The number of carbonyl (C=O) groups is 1. The van der Waals surface area contributed by atoms with E-state index in [4.69, 9.17) is 9.73 Å². The third-order valence-corrected chi connectivity index (χ3v) is 5.40. The lowest BCUT2D eigenvalue weighted by molar-refractivity contribution is 0.0939. The summed E-state index contributed by atoms with van der Waals surface area (Å²) in [6.45, 7) is 7.54. The number of benzene rings is 1. The molecule has 0 saturated carbocycles. The standard InChI is InChI=1S/C21H32N4O2/c1-4-14(3)24-20(26)16-8-6-15(7-9-16)13-23-21(22-5-2)25-18-12-17-10-11-19(18)27-17/h6-9,14,17-19H,4-5,10-13H2,1-3H3,(H,24,26)(H2,22,23,25). The molecule has 1 aromatic rings. The van der Waals surface area contributed by atoms with Crippen molar-refractivity contribution in [3.05, 3.63) is 35.4 Å². The fourth-order valence-electron chi connectivity index (χ4n) is 3.63. The van der Waals surface area contributed by atoms with E-state index in [1.165, 1.54) is 6.42 Å². The molecule has 0 spiro atoms. The predicted octanol–water partition coefficient (Wildman–Crippen LogP) is 2.59. The zero-order valence-electron chi connectivity index (χ0n) is 16.6. The van der Waals surface area contributed by atoms with E-state index >= 15 is 0 Å². The van der Waals surface area contributed by atoms with Crippen molar-refractivity contribution >= 4 is 11.9 Å². The van der Waals surface area contributed by atoms with Gasteiger partial charge in [0.25, 0.3) is 5.91 Å². The Morgan fingerprint density at radius 1 is 1.26 bits per heavy atom. The Balaban J connectivity index is 1.56. The van der Waals surface area contributed by atoms with Gasteiger partial charge in [-0.3, -0.25) is 4.79 Å². The zero-order valence-corrected chi connectivity index (χ0v) is 16.6. The van der Waals surface area contributed by atoms with Crippen LogP contribution in [0.25, 0.3) is 0 Å². The van der Waals surface area contributed by atoms with Crippen molar-refractivity contribution in [2.24, 2.45) is 4.99 Å². The minimum absolute atomic E-state index is 0.0225. The second-order valence-corrected chi connectivity index (χ2v) is 7.54. The molecule has 2 aliphatic rings. The Kier molecular flexibility index (Phi) is 6.72. The Morgan fingerprint density at radius 2 is 2.04 bits per heavy atom. The van der Waals surface area contributed by atoms with Gasteiger partial charge < -0.3 is 20.7 Å². The first-order valence-corrected chi connectivity index (χ1v) is 10.2. The van der Waals surface area contributed by atoms with Crippen LogP contribution >= 0.6 is 0 Å². The van der Waals surface area contributed by atoms with E-state index in [1.807, 2.05) is 31.2 Å². The van der Waals surface area contributed by atoms with Crippen molar-refractivity contribution in [1.82, 2.24) is 16.0 Å². The van der Waals surface area contributed by atoms with Gasteiger partial charge in [-0.15, -0.1) is 0 Å². The van der Waals surface area contributed by atoms with Gasteiger partial charge in [0, 0.05) is 18.2 Å². The zero-order chi connectivity index (χ0) is 19.2. The third kappa shape index (κ3) is 5.22. The van der Waals surface area contributed by atoms with Crippen molar-refractivity contribution in [1.29, 1.82) is 0 Å². The number of guanidine groups is 1. The first-order chi connectivity index (χ1) is 13.1. The molecular weight excluding hydrogens is 340 g/mol. The van der Waals surface area contributed by atoms with E-state index < -0.39 is 0 Å². The van der Waals surface area contributed by atoms with Crippen LogP contribution in [0.15, 0.2) is 29.3 Å². The quantitative estimate of drug-likeness (QED) is 0.508. The highest BCUT2D eigenvalue weighted by molar-refractivity contribution is 5.94. The predicted molar refractivity (Wildman–Crippen MR) is 108 cm³/mol. The molecule has 1 amide bonds. The van der Waals surface area contributed by atoms with Crippen LogP contribution in [0.5, 0.6) is 0 Å². The molecule has 148 valence electrons. The summed E-state index contributed by atoms with van der Waals surface area (Å²) in [5, 5.41) is 9.83. The highest BCUT2D eigenvalue weighted by Crippen LogP contribution is 2.34. The fraction of sp³-hybridized carbons (Fsp3) is 0.619. The summed E-state index contributed by atoms with van der Waals surface area (Å²) in [4.78, 5) is 16.9. The van der Waals surface area contributed by atoms with Crippen molar-refractivity contribution in [3.8, 4) is 0 Å². The molecule has 2 saturated heterocycles. The van der Waals surface area contributed by atoms with Crippen LogP contribution in [-0.4, -0.2) is 42.7 Å². The SMILES string of the molecule is CCNC(=NCc1ccc(C(=O)NC(C)CC)cc1)NC1CC2CCC1O2. The highest BCUT2D eigenvalue weighted by atomic mass is 16.5. The van der Waals surface area contributed by atoms with E-state index in [0.717, 1.165) is 37.3 Å². The minimum Gasteiger partial charge on any atom is -0.373 e. The van der Waals surface area contributed by atoms with E-state index in [2.05, 4.69) is 29.8 Å². The lowest BCUT2D eigenvalue weighted by atomic mass is 9.96. The molecule has 2 bridgehead atoms. The number of nitrogens with one attached hydrogen (secondary N) is 3. The van der Waals surface area contributed by atoms with Crippen LogP contribution in [0, 0.1) is 0 Å². The van der Waals surface area contributed by atoms with Crippen LogP contribution in [-0.2, 0) is 11.3 Å². The molecule has 4 atom stereocenters. The van der Waals surface area contributed by atoms with E-state index in [0.29, 0.717) is 30.4 Å². The number of hydrogen-bond donors (Lipinski definition) is 3. The molecule has 6 heteroatoms. The van der Waals surface area contributed by atoms with Crippen LogP contribution < -0.4 is 16.0 Å². The fourth-order valence-corrected chi connectivity index (χ4v) is 3.63. The number of rotatable bonds is 7. The van der Waals surface area contributed by atoms with Crippen LogP contribution in [0.1, 0.15) is 62.4 Å². The molecule has 27 heavy (non-hydrogen) atoms. The maximum atomic E-state index is 12.2. The molecule has 0 aliphatic carbocycles. The summed E-state index contributed by atoms with van der Waals surface area (Å²) >= 11 is 0. The number of fused-ring (bicyclic) bond motifs is 2. The lowest BCUT2D eigenvalue weighted by Gasteiger charge is -2.22. The topological polar surface area (TPSA) is 74.8 Å². The third-order valence-electron chi connectivity index (χ3n) is 5.40. The van der Waals surface area contributed by atoms with E-state index in [1.54, 1.807) is 0 Å². The molecule has 0 aromatic heterocycles. The van der Waals surface area contributed by atoms with Gasteiger partial charge in [0.05, 0.1) is 24.8 Å². The van der Waals surface area contributed by atoms with Crippen LogP contribution in [0.4, 0.5) is 0 Å². The van der Waals surface area contributed by atoms with Gasteiger partial charge in [-0.05, 0) is 57.2 Å². The molecule has 0 radical (unpaired) electrons. The smallest absolute Gasteiger partial charge is 0.251 e. The summed E-state index contributed by atoms with van der Waals surface area (Å²) in [6.07, 6.45) is 5.06. The van der Waals surface area contributed by atoms with Gasteiger partial charge in [-0.25, -0.2) is 4.99 Å². The van der Waals surface area contributed by atoms with Gasteiger partial charge >= 0.3 is 0 Å². The Labute approximate surface area is 162 Å². The largest absolute Gasteiger partial charge is 0.373 e. The summed E-state index contributed by atoms with van der Waals surface area (Å²) in [5.74, 6) is 0.808. The molecule has 2 heterocycles. The molecule has 3 rings (SSSR count). The first kappa shape index (κ1) is 19.7. The lowest BCUT2D eigenvalue weighted by Crippen LogP contribution is -2.47. The van der Waals surface area contributed by atoms with Gasteiger partial charge in [0.1, 0.15) is 0 Å². The molecule has 3 N–H and O–H groups in total. The molecule has 2 fully saturated rings. The maximum Gasteiger partial charge on any atom is 0.251 e. The second-order valence-electron chi connectivity index (χ2n) is 7.54. The summed E-state index contributed by atoms with van der Waals surface area (Å²) < 4.78 is 5.91. The summed E-state index contributed by atoms with van der Waals surface area (Å²) in [6, 6.07) is 8.22. The summed E-state index contributed by atoms with van der Waals surface area (Å²) in [5.41, 5.74) is 1.77. The van der Waals surface area contributed by atoms with E-state index in [-0.39, 0.29) is 11.9 Å². The van der Waals surface area contributed by atoms with E-state index in [9.17, 15) is 4.79 Å². The average molecular weight is 373 g/mol. The van der Waals surface area contributed by atoms with Gasteiger partial charge in [-0.2, -0.15) is 0 Å². The average Bonchev–Trinajstić information content (AvgIpc) is 3.29. The molecular formula is C21H32N4O2. The molecule has 2 aliphatic heterocycles. The molecule has 6 nitrogen and oxygen atoms in total. The molecule has 1 aromatic carbocycles. The Bertz CT molecular complexity index is 659. The number of ether oxygens (including phenoxy) is 1. The maximum absolute atomic E-state index is 12.2. The number of aliphatic imine (C=N–C) groups is 1. The Hall–Kier alpha value is -2.08. The normalized spacial score (nSPS) is 25.3. The second kappa shape index (κ2) is 9.22. The first-order valence-electron chi connectivity index (χ1n) is 10.2. The molecule has 4 unspecified atom stereocenters. The van der Waals surface area contributed by atoms with Crippen LogP contribution in [0.2, 0.25) is 0 Å².